The number of halogens is 4. The van der Waals surface area contributed by atoms with E-state index in [0.29, 0.717) is 11.1 Å². The molecule has 1 amide bonds. The van der Waals surface area contributed by atoms with Crippen molar-refractivity contribution >= 4 is 34.3 Å². The molecule has 3 aromatic rings. The van der Waals surface area contributed by atoms with E-state index in [1.807, 2.05) is 0 Å². The minimum atomic E-state index is -4.64. The zero-order chi connectivity index (χ0) is 16.6. The third-order valence-electron chi connectivity index (χ3n) is 3.13. The number of oxazole rings is 1. The molecule has 0 spiro atoms. The normalized spacial score (nSPS) is 11.7. The molecule has 0 bridgehead atoms. The average Bonchev–Trinajstić information content (AvgIpc) is 2.95. The smallest absolute Gasteiger partial charge is 0.418 e. The highest BCUT2D eigenvalue weighted by Gasteiger charge is 2.34. The van der Waals surface area contributed by atoms with Gasteiger partial charge >= 0.3 is 6.18 Å². The molecule has 1 aromatic heterocycles. The Morgan fingerprint density at radius 2 is 1.96 bits per heavy atom. The number of rotatable bonds is 2. The summed E-state index contributed by atoms with van der Waals surface area (Å²) in [4.78, 5) is 16.1. The number of hydrogen-bond donors (Lipinski definition) is 1. The Morgan fingerprint density at radius 3 is 2.70 bits per heavy atom. The maximum atomic E-state index is 13.0. The van der Waals surface area contributed by atoms with Crippen molar-refractivity contribution in [2.45, 2.75) is 6.18 Å². The predicted molar refractivity (Wildman–Crippen MR) is 78.4 cm³/mol. The zero-order valence-corrected chi connectivity index (χ0v) is 12.1. The number of alkyl halides is 3. The van der Waals surface area contributed by atoms with Crippen molar-refractivity contribution in [3.05, 3.63) is 58.9 Å². The Labute approximate surface area is 132 Å². The second-order valence-electron chi connectivity index (χ2n) is 4.68. The largest absolute Gasteiger partial charge is 0.443 e. The lowest BCUT2D eigenvalue weighted by atomic mass is 10.1. The summed E-state index contributed by atoms with van der Waals surface area (Å²) in [7, 11) is 0. The van der Waals surface area contributed by atoms with E-state index in [1.54, 1.807) is 0 Å². The van der Waals surface area contributed by atoms with E-state index in [1.165, 1.54) is 30.7 Å². The lowest BCUT2D eigenvalue weighted by Crippen LogP contribution is -2.16. The van der Waals surface area contributed by atoms with Crippen LogP contribution in [0, 0.1) is 0 Å². The maximum absolute atomic E-state index is 13.0. The molecule has 0 aliphatic heterocycles. The molecule has 0 fully saturated rings. The van der Waals surface area contributed by atoms with Crippen LogP contribution in [0.4, 0.5) is 18.9 Å². The summed E-state index contributed by atoms with van der Waals surface area (Å²) >= 11 is 5.60. The fourth-order valence-electron chi connectivity index (χ4n) is 2.05. The molecule has 0 aliphatic rings. The van der Waals surface area contributed by atoms with E-state index < -0.39 is 17.6 Å². The molecule has 0 atom stereocenters. The minimum absolute atomic E-state index is 0.0701. The number of nitrogens with one attached hydrogen (secondary N) is 1. The summed E-state index contributed by atoms with van der Waals surface area (Å²) in [5.41, 5.74) is -0.309. The van der Waals surface area contributed by atoms with Crippen LogP contribution in [0.15, 0.2) is 47.2 Å². The van der Waals surface area contributed by atoms with Gasteiger partial charge in [0, 0.05) is 10.6 Å². The molecule has 4 nitrogen and oxygen atoms in total. The topological polar surface area (TPSA) is 55.1 Å². The van der Waals surface area contributed by atoms with E-state index in [-0.39, 0.29) is 16.3 Å². The van der Waals surface area contributed by atoms with Gasteiger partial charge in [0.2, 0.25) is 0 Å². The fraction of sp³-hybridized carbons (Fsp3) is 0.0667. The number of amides is 1. The van der Waals surface area contributed by atoms with Crippen LogP contribution in [0.5, 0.6) is 0 Å². The third-order valence-corrected chi connectivity index (χ3v) is 3.36. The van der Waals surface area contributed by atoms with E-state index in [9.17, 15) is 18.0 Å². The van der Waals surface area contributed by atoms with Crippen LogP contribution in [0.25, 0.3) is 11.1 Å². The fourth-order valence-corrected chi connectivity index (χ4v) is 2.23. The Kier molecular flexibility index (Phi) is 3.73. The highest BCUT2D eigenvalue weighted by Crippen LogP contribution is 2.36. The summed E-state index contributed by atoms with van der Waals surface area (Å²) in [6, 6.07) is 7.52. The first-order valence-corrected chi connectivity index (χ1v) is 6.74. The van der Waals surface area contributed by atoms with Crippen LogP contribution >= 0.6 is 11.6 Å². The van der Waals surface area contributed by atoms with Crippen molar-refractivity contribution in [3.63, 3.8) is 0 Å². The van der Waals surface area contributed by atoms with Crippen LogP contribution in [-0.2, 0) is 6.18 Å². The highest BCUT2D eigenvalue weighted by atomic mass is 35.5. The van der Waals surface area contributed by atoms with Gasteiger partial charge in [0.15, 0.2) is 12.0 Å². The van der Waals surface area contributed by atoms with Gasteiger partial charge in [-0.1, -0.05) is 11.6 Å². The number of carbonyl (C=O) groups is 1. The van der Waals surface area contributed by atoms with Crippen molar-refractivity contribution in [1.29, 1.82) is 0 Å². The van der Waals surface area contributed by atoms with E-state index in [0.717, 1.165) is 12.1 Å². The Morgan fingerprint density at radius 1 is 1.17 bits per heavy atom. The SMILES string of the molecule is O=C(Nc1ccc(Cl)cc1C(F)(F)F)c1ccc2ocnc2c1. The second-order valence-corrected chi connectivity index (χ2v) is 5.11. The monoisotopic (exact) mass is 340 g/mol. The number of aromatic nitrogens is 1. The summed E-state index contributed by atoms with van der Waals surface area (Å²) in [6.07, 6.45) is -3.42. The third kappa shape index (κ3) is 3.14. The highest BCUT2D eigenvalue weighted by molar-refractivity contribution is 6.30. The van der Waals surface area contributed by atoms with Crippen LogP contribution in [0.3, 0.4) is 0 Å². The lowest BCUT2D eigenvalue weighted by molar-refractivity contribution is -0.136. The number of benzene rings is 2. The van der Waals surface area contributed by atoms with Gasteiger partial charge in [-0.05, 0) is 36.4 Å². The minimum Gasteiger partial charge on any atom is -0.443 e. The summed E-state index contributed by atoms with van der Waals surface area (Å²) < 4.78 is 44.1. The van der Waals surface area contributed by atoms with Crippen molar-refractivity contribution < 1.29 is 22.4 Å². The van der Waals surface area contributed by atoms with Crippen molar-refractivity contribution in [1.82, 2.24) is 4.98 Å². The van der Waals surface area contributed by atoms with Gasteiger partial charge in [-0.2, -0.15) is 13.2 Å². The van der Waals surface area contributed by atoms with Crippen molar-refractivity contribution in [2.24, 2.45) is 0 Å². The number of fused-ring (bicyclic) bond motifs is 1. The quantitative estimate of drug-likeness (QED) is 0.732. The summed E-state index contributed by atoms with van der Waals surface area (Å²) in [5.74, 6) is -0.692. The molecule has 23 heavy (non-hydrogen) atoms. The van der Waals surface area contributed by atoms with E-state index in [2.05, 4.69) is 10.3 Å². The maximum Gasteiger partial charge on any atom is 0.418 e. The number of carbonyl (C=O) groups excluding carboxylic acids is 1. The van der Waals surface area contributed by atoms with Gasteiger partial charge in [-0.3, -0.25) is 4.79 Å². The molecule has 3 rings (SSSR count). The molecular formula is C15H8ClF3N2O2. The van der Waals surface area contributed by atoms with Gasteiger partial charge in [0.1, 0.15) is 5.52 Å². The predicted octanol–water partition coefficient (Wildman–Crippen LogP) is 4.75. The molecule has 8 heteroatoms. The number of nitrogens with zero attached hydrogens (tertiary/aromatic N) is 1. The molecule has 0 saturated heterocycles. The second kappa shape index (κ2) is 5.58. The first kappa shape index (κ1) is 15.4. The van der Waals surface area contributed by atoms with Crippen LogP contribution in [-0.4, -0.2) is 10.9 Å². The van der Waals surface area contributed by atoms with Gasteiger partial charge in [0.05, 0.1) is 11.3 Å². The zero-order valence-electron chi connectivity index (χ0n) is 11.3. The molecule has 0 unspecified atom stereocenters. The summed E-state index contributed by atoms with van der Waals surface area (Å²) in [6.45, 7) is 0. The Bertz CT molecular complexity index is 890. The van der Waals surface area contributed by atoms with Crippen LogP contribution in [0.2, 0.25) is 5.02 Å². The van der Waals surface area contributed by atoms with Crippen LogP contribution < -0.4 is 5.32 Å². The van der Waals surface area contributed by atoms with Gasteiger partial charge in [-0.15, -0.1) is 0 Å². The number of hydrogen-bond acceptors (Lipinski definition) is 3. The molecule has 1 heterocycles. The number of anilines is 1. The molecule has 0 saturated carbocycles. The standard InChI is InChI=1S/C15H8ClF3N2O2/c16-9-2-3-11(10(6-9)15(17,18)19)21-14(22)8-1-4-13-12(5-8)20-7-23-13/h1-7H,(H,21,22). The van der Waals surface area contributed by atoms with Crippen molar-refractivity contribution in [2.75, 3.05) is 5.32 Å². The molecule has 0 radical (unpaired) electrons. The molecule has 2 aromatic carbocycles. The van der Waals surface area contributed by atoms with E-state index in [4.69, 9.17) is 16.0 Å². The van der Waals surface area contributed by atoms with Gasteiger partial charge in [0.25, 0.3) is 5.91 Å². The first-order valence-electron chi connectivity index (χ1n) is 6.36. The lowest BCUT2D eigenvalue weighted by Gasteiger charge is -2.14. The molecule has 1 N–H and O–H groups in total. The van der Waals surface area contributed by atoms with Crippen LogP contribution in [0.1, 0.15) is 15.9 Å². The van der Waals surface area contributed by atoms with E-state index >= 15 is 0 Å². The molecule has 118 valence electrons. The summed E-state index contributed by atoms with van der Waals surface area (Å²) in [5, 5.41) is 2.17. The molecule has 0 aliphatic carbocycles. The van der Waals surface area contributed by atoms with Gasteiger partial charge < -0.3 is 9.73 Å². The average molecular weight is 341 g/mol. The van der Waals surface area contributed by atoms with Crippen molar-refractivity contribution in [3.8, 4) is 0 Å². The first-order chi connectivity index (χ1) is 10.8. The molecular weight excluding hydrogens is 333 g/mol. The Hall–Kier alpha value is -2.54. The van der Waals surface area contributed by atoms with Gasteiger partial charge in [-0.25, -0.2) is 4.98 Å². The Balaban J connectivity index is 1.93.